The minimum Gasteiger partial charge on any atom is -0.376 e. The van der Waals surface area contributed by atoms with Crippen molar-refractivity contribution in [2.75, 3.05) is 38.1 Å². The van der Waals surface area contributed by atoms with E-state index in [0.717, 1.165) is 57.6 Å². The van der Waals surface area contributed by atoms with E-state index in [1.54, 1.807) is 6.20 Å². The average molecular weight is 347 g/mol. The normalized spacial score (nSPS) is 27.3. The largest absolute Gasteiger partial charge is 0.376 e. The molecular weight excluding hydrogens is 318 g/mol. The fourth-order valence-electron chi connectivity index (χ4n) is 4.28. The molecule has 7 heteroatoms. The van der Waals surface area contributed by atoms with Crippen LogP contribution >= 0.6 is 0 Å². The Labute approximate surface area is 149 Å². The van der Waals surface area contributed by atoms with Crippen molar-refractivity contribution < 1.29 is 9.53 Å². The summed E-state index contributed by atoms with van der Waals surface area (Å²) in [4.78, 5) is 17.2. The number of rotatable bonds is 5. The van der Waals surface area contributed by atoms with Crippen LogP contribution in [0.1, 0.15) is 38.5 Å². The zero-order valence-electron chi connectivity index (χ0n) is 14.9. The van der Waals surface area contributed by atoms with Gasteiger partial charge in [-0.3, -0.25) is 4.68 Å². The summed E-state index contributed by atoms with van der Waals surface area (Å²) in [6, 6.07) is 0.360. The summed E-state index contributed by atoms with van der Waals surface area (Å²) in [6.45, 7) is 5.85. The van der Waals surface area contributed by atoms with Gasteiger partial charge in [0, 0.05) is 31.9 Å². The highest BCUT2D eigenvalue weighted by Crippen LogP contribution is 2.22. The molecule has 4 heterocycles. The molecule has 3 aliphatic rings. The van der Waals surface area contributed by atoms with Gasteiger partial charge in [0.25, 0.3) is 0 Å². The second kappa shape index (κ2) is 7.74. The lowest BCUT2D eigenvalue weighted by atomic mass is 10.2. The third kappa shape index (κ3) is 4.15. The molecular formula is C18H29N5O2. The van der Waals surface area contributed by atoms with Crippen LogP contribution in [-0.2, 0) is 11.3 Å². The monoisotopic (exact) mass is 347 g/mol. The Morgan fingerprint density at radius 2 is 2.04 bits per heavy atom. The van der Waals surface area contributed by atoms with E-state index >= 15 is 0 Å². The SMILES string of the molecule is O=C(Nc1cnn(CC2CCCO2)c1)N1CCCC1CN1CCCC1. The van der Waals surface area contributed by atoms with Crippen molar-refractivity contribution in [2.45, 2.75) is 57.2 Å². The quantitative estimate of drug-likeness (QED) is 0.887. The Morgan fingerprint density at radius 1 is 1.16 bits per heavy atom. The van der Waals surface area contributed by atoms with Crippen LogP contribution in [0.4, 0.5) is 10.5 Å². The standard InChI is InChI=1S/C18H29N5O2/c24-18(23-9-3-5-16(23)13-21-7-1-2-8-21)20-15-11-19-22(12-15)14-17-6-4-10-25-17/h11-12,16-17H,1-10,13-14H2,(H,20,24). The molecule has 138 valence electrons. The fourth-order valence-corrected chi connectivity index (χ4v) is 4.28. The number of likely N-dealkylation sites (tertiary alicyclic amines) is 2. The van der Waals surface area contributed by atoms with E-state index in [0.29, 0.717) is 6.04 Å². The minimum absolute atomic E-state index is 0.0124. The predicted molar refractivity (Wildman–Crippen MR) is 95.6 cm³/mol. The van der Waals surface area contributed by atoms with E-state index in [9.17, 15) is 4.79 Å². The molecule has 2 amide bonds. The molecule has 3 aliphatic heterocycles. The first kappa shape index (κ1) is 16.8. The van der Waals surface area contributed by atoms with Crippen LogP contribution < -0.4 is 5.32 Å². The molecule has 0 aliphatic carbocycles. The molecule has 25 heavy (non-hydrogen) atoms. The highest BCUT2D eigenvalue weighted by molar-refractivity contribution is 5.89. The molecule has 0 aromatic carbocycles. The summed E-state index contributed by atoms with van der Waals surface area (Å²) in [5.74, 6) is 0. The van der Waals surface area contributed by atoms with E-state index in [-0.39, 0.29) is 12.1 Å². The van der Waals surface area contributed by atoms with Gasteiger partial charge in [0.1, 0.15) is 0 Å². The Balaban J connectivity index is 1.30. The highest BCUT2D eigenvalue weighted by Gasteiger charge is 2.31. The first-order chi connectivity index (χ1) is 12.3. The van der Waals surface area contributed by atoms with Gasteiger partial charge in [-0.05, 0) is 51.6 Å². The zero-order valence-corrected chi connectivity index (χ0v) is 14.9. The maximum Gasteiger partial charge on any atom is 0.322 e. The number of nitrogens with one attached hydrogen (secondary N) is 1. The van der Waals surface area contributed by atoms with E-state index in [2.05, 4.69) is 15.3 Å². The molecule has 0 bridgehead atoms. The van der Waals surface area contributed by atoms with E-state index < -0.39 is 0 Å². The number of carbonyl (C=O) groups excluding carboxylic acids is 1. The molecule has 3 fully saturated rings. The summed E-state index contributed by atoms with van der Waals surface area (Å²) in [6.07, 6.45) is 10.9. The molecule has 2 atom stereocenters. The van der Waals surface area contributed by atoms with Gasteiger partial charge in [0.05, 0.1) is 24.5 Å². The molecule has 1 aromatic rings. The lowest BCUT2D eigenvalue weighted by Crippen LogP contribution is -2.44. The molecule has 4 rings (SSSR count). The summed E-state index contributed by atoms with van der Waals surface area (Å²) in [5.41, 5.74) is 0.773. The number of urea groups is 1. The van der Waals surface area contributed by atoms with E-state index in [1.165, 1.54) is 25.9 Å². The van der Waals surface area contributed by atoms with Gasteiger partial charge in [0.2, 0.25) is 0 Å². The van der Waals surface area contributed by atoms with Crippen LogP contribution in [0.15, 0.2) is 12.4 Å². The summed E-state index contributed by atoms with van der Waals surface area (Å²) < 4.78 is 7.52. The molecule has 1 N–H and O–H groups in total. The first-order valence-corrected chi connectivity index (χ1v) is 9.72. The van der Waals surface area contributed by atoms with Gasteiger partial charge >= 0.3 is 6.03 Å². The second-order valence-corrected chi connectivity index (χ2v) is 7.51. The molecule has 0 saturated carbocycles. The fraction of sp³-hybridized carbons (Fsp3) is 0.778. The van der Waals surface area contributed by atoms with Gasteiger partial charge in [-0.25, -0.2) is 4.79 Å². The summed E-state index contributed by atoms with van der Waals surface area (Å²) in [5, 5.41) is 7.39. The molecule has 3 saturated heterocycles. The minimum atomic E-state index is 0.0124. The highest BCUT2D eigenvalue weighted by atomic mass is 16.5. The van der Waals surface area contributed by atoms with Gasteiger partial charge in [-0.15, -0.1) is 0 Å². The van der Waals surface area contributed by atoms with Gasteiger partial charge < -0.3 is 19.9 Å². The van der Waals surface area contributed by atoms with E-state index in [1.807, 2.05) is 15.8 Å². The molecule has 0 spiro atoms. The Morgan fingerprint density at radius 3 is 2.84 bits per heavy atom. The Kier molecular flexibility index (Phi) is 5.22. The van der Waals surface area contributed by atoms with Gasteiger partial charge in [0.15, 0.2) is 0 Å². The predicted octanol–water partition coefficient (Wildman–Crippen LogP) is 2.15. The lowest BCUT2D eigenvalue weighted by Gasteiger charge is -2.28. The third-order valence-corrected chi connectivity index (χ3v) is 5.60. The first-order valence-electron chi connectivity index (χ1n) is 9.72. The van der Waals surface area contributed by atoms with Crippen LogP contribution in [0.3, 0.4) is 0 Å². The maximum atomic E-state index is 12.7. The molecule has 2 unspecified atom stereocenters. The third-order valence-electron chi connectivity index (χ3n) is 5.60. The lowest BCUT2D eigenvalue weighted by molar-refractivity contribution is 0.0940. The number of hydrogen-bond acceptors (Lipinski definition) is 4. The van der Waals surface area contributed by atoms with Gasteiger partial charge in [-0.1, -0.05) is 0 Å². The number of nitrogens with zero attached hydrogens (tertiary/aromatic N) is 4. The number of aromatic nitrogens is 2. The van der Waals surface area contributed by atoms with Crippen LogP contribution in [-0.4, -0.2) is 70.5 Å². The van der Waals surface area contributed by atoms with Crippen molar-refractivity contribution in [3.8, 4) is 0 Å². The van der Waals surface area contributed by atoms with Crippen molar-refractivity contribution in [1.29, 1.82) is 0 Å². The number of amides is 2. The smallest absolute Gasteiger partial charge is 0.322 e. The summed E-state index contributed by atoms with van der Waals surface area (Å²) >= 11 is 0. The van der Waals surface area contributed by atoms with E-state index in [4.69, 9.17) is 4.74 Å². The van der Waals surface area contributed by atoms with Crippen molar-refractivity contribution in [2.24, 2.45) is 0 Å². The summed E-state index contributed by atoms with van der Waals surface area (Å²) in [7, 11) is 0. The average Bonchev–Trinajstić information content (AvgIpc) is 3.36. The van der Waals surface area contributed by atoms with Crippen LogP contribution in [0.25, 0.3) is 0 Å². The van der Waals surface area contributed by atoms with Crippen LogP contribution in [0.5, 0.6) is 0 Å². The number of hydrogen-bond donors (Lipinski definition) is 1. The molecule has 1 aromatic heterocycles. The van der Waals surface area contributed by atoms with Gasteiger partial charge in [-0.2, -0.15) is 5.10 Å². The molecule has 0 radical (unpaired) electrons. The topological polar surface area (TPSA) is 62.6 Å². The Bertz CT molecular complexity index is 578. The van der Waals surface area contributed by atoms with Crippen LogP contribution in [0.2, 0.25) is 0 Å². The number of anilines is 1. The van der Waals surface area contributed by atoms with Crippen molar-refractivity contribution >= 4 is 11.7 Å². The van der Waals surface area contributed by atoms with Crippen molar-refractivity contribution in [1.82, 2.24) is 19.6 Å². The maximum absolute atomic E-state index is 12.7. The number of carbonyl (C=O) groups is 1. The number of ether oxygens (including phenoxy) is 1. The van der Waals surface area contributed by atoms with Crippen LogP contribution in [0, 0.1) is 0 Å². The van der Waals surface area contributed by atoms with Crippen molar-refractivity contribution in [3.05, 3.63) is 12.4 Å². The van der Waals surface area contributed by atoms with Crippen molar-refractivity contribution in [3.63, 3.8) is 0 Å². The zero-order chi connectivity index (χ0) is 17.1. The molecule has 7 nitrogen and oxygen atoms in total. The Hall–Kier alpha value is -1.60. The second-order valence-electron chi connectivity index (χ2n) is 7.51.